The molecule has 70 valence electrons. The Kier molecular flexibility index (Phi) is 3.19. The van der Waals surface area contributed by atoms with Crippen molar-refractivity contribution in [2.24, 2.45) is 0 Å². The summed E-state index contributed by atoms with van der Waals surface area (Å²) in [6, 6.07) is 2.29. The van der Waals surface area contributed by atoms with Crippen molar-refractivity contribution < 1.29 is 13.9 Å². The van der Waals surface area contributed by atoms with Gasteiger partial charge in [0.15, 0.2) is 0 Å². The van der Waals surface area contributed by atoms with Gasteiger partial charge in [0.2, 0.25) is 5.95 Å². The van der Waals surface area contributed by atoms with Crippen LogP contribution >= 0.6 is 11.6 Å². The summed E-state index contributed by atoms with van der Waals surface area (Å²) in [4.78, 5) is 14.4. The van der Waals surface area contributed by atoms with Crippen molar-refractivity contribution in [2.45, 2.75) is 6.92 Å². The summed E-state index contributed by atoms with van der Waals surface area (Å²) in [5.41, 5.74) is 0.0740. The minimum absolute atomic E-state index is 0.0740. The summed E-state index contributed by atoms with van der Waals surface area (Å²) in [5, 5.41) is -0.182. The van der Waals surface area contributed by atoms with Crippen LogP contribution in [0.4, 0.5) is 4.39 Å². The number of hydrogen-bond acceptors (Lipinski definition) is 3. The van der Waals surface area contributed by atoms with E-state index in [9.17, 15) is 9.18 Å². The highest BCUT2D eigenvalue weighted by Crippen LogP contribution is 2.14. The number of rotatable bonds is 2. The Labute approximate surface area is 79.5 Å². The Morgan fingerprint density at radius 2 is 2.38 bits per heavy atom. The maximum atomic E-state index is 12.4. The van der Waals surface area contributed by atoms with Gasteiger partial charge in [0.25, 0.3) is 0 Å². The zero-order chi connectivity index (χ0) is 9.84. The predicted octanol–water partition coefficient (Wildman–Crippen LogP) is 2.05. The SMILES string of the molecule is CCOC(=O)c1ccc(F)nc1Cl. The molecule has 1 rings (SSSR count). The van der Waals surface area contributed by atoms with E-state index in [0.29, 0.717) is 0 Å². The maximum absolute atomic E-state index is 12.4. The lowest BCUT2D eigenvalue weighted by atomic mass is 10.3. The van der Waals surface area contributed by atoms with Crippen LogP contribution in [-0.4, -0.2) is 17.6 Å². The number of carbonyl (C=O) groups excluding carboxylic acids is 1. The third kappa shape index (κ3) is 2.39. The van der Waals surface area contributed by atoms with Gasteiger partial charge in [0.05, 0.1) is 12.2 Å². The van der Waals surface area contributed by atoms with Crippen molar-refractivity contribution in [1.29, 1.82) is 0 Å². The molecule has 0 fully saturated rings. The molecule has 0 aliphatic carbocycles. The average Bonchev–Trinajstić information content (AvgIpc) is 2.04. The lowest BCUT2D eigenvalue weighted by Gasteiger charge is -2.02. The van der Waals surface area contributed by atoms with Gasteiger partial charge in [-0.2, -0.15) is 4.39 Å². The van der Waals surface area contributed by atoms with Crippen LogP contribution in [-0.2, 0) is 4.74 Å². The highest BCUT2D eigenvalue weighted by atomic mass is 35.5. The summed E-state index contributed by atoms with van der Waals surface area (Å²) >= 11 is 5.51. The number of pyridine rings is 1. The van der Waals surface area contributed by atoms with Gasteiger partial charge in [-0.3, -0.25) is 0 Å². The topological polar surface area (TPSA) is 39.2 Å². The van der Waals surface area contributed by atoms with Gasteiger partial charge >= 0.3 is 5.97 Å². The standard InChI is InChI=1S/C8H7ClFNO2/c1-2-13-8(12)5-3-4-6(10)11-7(5)9/h3-4H,2H2,1H3. The molecule has 1 aromatic heterocycles. The van der Waals surface area contributed by atoms with Crippen molar-refractivity contribution in [3.63, 3.8) is 0 Å². The van der Waals surface area contributed by atoms with E-state index in [-0.39, 0.29) is 17.3 Å². The number of carbonyl (C=O) groups is 1. The number of ether oxygens (including phenoxy) is 1. The third-order valence-corrected chi connectivity index (χ3v) is 1.60. The van der Waals surface area contributed by atoms with Crippen LogP contribution in [0.2, 0.25) is 5.15 Å². The van der Waals surface area contributed by atoms with E-state index in [2.05, 4.69) is 9.72 Å². The third-order valence-electron chi connectivity index (χ3n) is 1.31. The number of aromatic nitrogens is 1. The van der Waals surface area contributed by atoms with E-state index in [0.717, 1.165) is 6.07 Å². The highest BCUT2D eigenvalue weighted by molar-refractivity contribution is 6.32. The van der Waals surface area contributed by atoms with Crippen molar-refractivity contribution in [3.8, 4) is 0 Å². The average molecular weight is 204 g/mol. The molecule has 0 radical (unpaired) electrons. The molecule has 0 unspecified atom stereocenters. The van der Waals surface area contributed by atoms with Crippen molar-refractivity contribution in [3.05, 3.63) is 28.8 Å². The van der Waals surface area contributed by atoms with Crippen LogP contribution in [0.3, 0.4) is 0 Å². The van der Waals surface area contributed by atoms with E-state index < -0.39 is 11.9 Å². The van der Waals surface area contributed by atoms with E-state index in [4.69, 9.17) is 11.6 Å². The Hall–Kier alpha value is -1.16. The second-order valence-electron chi connectivity index (χ2n) is 2.19. The minimum atomic E-state index is -0.724. The van der Waals surface area contributed by atoms with Gasteiger partial charge in [0, 0.05) is 0 Å². The molecule has 3 nitrogen and oxygen atoms in total. The fourth-order valence-corrected chi connectivity index (χ4v) is 0.994. The van der Waals surface area contributed by atoms with E-state index in [1.54, 1.807) is 6.92 Å². The first kappa shape index (κ1) is 9.92. The smallest absolute Gasteiger partial charge is 0.341 e. The summed E-state index contributed by atoms with van der Waals surface area (Å²) in [6.07, 6.45) is 0. The zero-order valence-electron chi connectivity index (χ0n) is 6.88. The summed E-state index contributed by atoms with van der Waals surface area (Å²) in [5.74, 6) is -1.32. The molecular formula is C8H7ClFNO2. The fraction of sp³-hybridized carbons (Fsp3) is 0.250. The maximum Gasteiger partial charge on any atom is 0.341 e. The largest absolute Gasteiger partial charge is 0.462 e. The lowest BCUT2D eigenvalue weighted by Crippen LogP contribution is -2.06. The number of nitrogens with zero attached hydrogens (tertiary/aromatic N) is 1. The molecule has 0 aliphatic heterocycles. The number of halogens is 2. The Bertz CT molecular complexity index is 330. The summed E-state index contributed by atoms with van der Waals surface area (Å²) < 4.78 is 17.1. The van der Waals surface area contributed by atoms with Crippen LogP contribution < -0.4 is 0 Å². The van der Waals surface area contributed by atoms with Crippen molar-refractivity contribution in [1.82, 2.24) is 4.98 Å². The monoisotopic (exact) mass is 203 g/mol. The van der Waals surface area contributed by atoms with Gasteiger partial charge in [0.1, 0.15) is 5.15 Å². The molecule has 0 atom stereocenters. The van der Waals surface area contributed by atoms with Crippen LogP contribution in [0.25, 0.3) is 0 Å². The molecule has 0 N–H and O–H groups in total. The molecule has 5 heteroatoms. The molecule has 0 aliphatic rings. The summed E-state index contributed by atoms with van der Waals surface area (Å²) in [6.45, 7) is 1.91. The van der Waals surface area contributed by atoms with E-state index in [1.807, 2.05) is 0 Å². The normalized spacial score (nSPS) is 9.77. The molecule has 0 amide bonds. The molecule has 1 aromatic rings. The Balaban J connectivity index is 2.95. The van der Waals surface area contributed by atoms with Crippen molar-refractivity contribution >= 4 is 17.6 Å². The van der Waals surface area contributed by atoms with Gasteiger partial charge in [-0.15, -0.1) is 0 Å². The van der Waals surface area contributed by atoms with Crippen LogP contribution in [0.1, 0.15) is 17.3 Å². The number of esters is 1. The van der Waals surface area contributed by atoms with Crippen LogP contribution in [0.5, 0.6) is 0 Å². The van der Waals surface area contributed by atoms with Gasteiger partial charge in [-0.25, -0.2) is 9.78 Å². The van der Waals surface area contributed by atoms with Crippen LogP contribution in [0, 0.1) is 5.95 Å². The first-order valence-corrected chi connectivity index (χ1v) is 4.02. The first-order valence-electron chi connectivity index (χ1n) is 3.64. The molecule has 13 heavy (non-hydrogen) atoms. The highest BCUT2D eigenvalue weighted by Gasteiger charge is 2.12. The van der Waals surface area contributed by atoms with Crippen molar-refractivity contribution in [2.75, 3.05) is 6.61 Å². The summed E-state index contributed by atoms with van der Waals surface area (Å²) in [7, 11) is 0. The Morgan fingerprint density at radius 1 is 1.69 bits per heavy atom. The molecule has 0 saturated carbocycles. The van der Waals surface area contributed by atoms with Gasteiger partial charge < -0.3 is 4.74 Å². The minimum Gasteiger partial charge on any atom is -0.462 e. The molecule has 0 spiro atoms. The first-order chi connectivity index (χ1) is 6.15. The Morgan fingerprint density at radius 3 is 2.92 bits per heavy atom. The van der Waals surface area contributed by atoms with E-state index in [1.165, 1.54) is 6.07 Å². The molecule has 0 saturated heterocycles. The molecule has 1 heterocycles. The molecular weight excluding hydrogens is 197 g/mol. The quantitative estimate of drug-likeness (QED) is 0.546. The predicted molar refractivity (Wildman–Crippen MR) is 45.2 cm³/mol. The second kappa shape index (κ2) is 4.18. The zero-order valence-corrected chi connectivity index (χ0v) is 7.64. The number of hydrogen-bond donors (Lipinski definition) is 0. The van der Waals surface area contributed by atoms with Gasteiger partial charge in [-0.1, -0.05) is 11.6 Å². The van der Waals surface area contributed by atoms with Gasteiger partial charge in [-0.05, 0) is 19.1 Å². The van der Waals surface area contributed by atoms with Crippen LogP contribution in [0.15, 0.2) is 12.1 Å². The molecule has 0 bridgehead atoms. The molecule has 0 aromatic carbocycles. The second-order valence-corrected chi connectivity index (χ2v) is 2.55. The van der Waals surface area contributed by atoms with E-state index >= 15 is 0 Å². The fourth-order valence-electron chi connectivity index (χ4n) is 0.773. The lowest BCUT2D eigenvalue weighted by molar-refractivity contribution is 0.0526.